The fraction of sp³-hybridized carbons (Fsp3) is 0.133. The molecule has 1 aromatic heterocycles. The molecule has 0 aliphatic carbocycles. The number of hydrogen-bond donors (Lipinski definition) is 3. The third kappa shape index (κ3) is 4.71. The SMILES string of the molecule is CC(=O)Nc1ccc(CC(=O)NNC(=O)c2cccs2)cc1. The highest BCUT2D eigenvalue weighted by Gasteiger charge is 2.08. The largest absolute Gasteiger partial charge is 0.326 e. The van der Waals surface area contributed by atoms with Crippen LogP contribution in [0.3, 0.4) is 0 Å². The number of hydrazine groups is 1. The van der Waals surface area contributed by atoms with Crippen LogP contribution in [0.5, 0.6) is 0 Å². The van der Waals surface area contributed by atoms with E-state index in [9.17, 15) is 14.4 Å². The van der Waals surface area contributed by atoms with Crippen LogP contribution in [0, 0.1) is 0 Å². The van der Waals surface area contributed by atoms with Crippen molar-refractivity contribution in [1.29, 1.82) is 0 Å². The highest BCUT2D eigenvalue weighted by atomic mass is 32.1. The standard InChI is InChI=1S/C15H15N3O3S/c1-10(19)16-12-6-4-11(5-7-12)9-14(20)17-18-15(21)13-3-2-8-22-13/h2-8H,9H2,1H3,(H,16,19)(H,17,20)(H,18,21). The Labute approximate surface area is 131 Å². The van der Waals surface area contributed by atoms with Gasteiger partial charge in [0, 0.05) is 12.6 Å². The first-order chi connectivity index (χ1) is 10.5. The van der Waals surface area contributed by atoms with Gasteiger partial charge in [-0.25, -0.2) is 0 Å². The lowest BCUT2D eigenvalue weighted by atomic mass is 10.1. The molecule has 114 valence electrons. The predicted octanol–water partition coefficient (Wildman–Crippen LogP) is 1.71. The van der Waals surface area contributed by atoms with Gasteiger partial charge in [0.1, 0.15) is 0 Å². The number of carbonyl (C=O) groups is 3. The number of rotatable bonds is 4. The molecule has 1 heterocycles. The van der Waals surface area contributed by atoms with Gasteiger partial charge in [-0.3, -0.25) is 25.2 Å². The Kier molecular flexibility index (Phi) is 5.26. The highest BCUT2D eigenvalue weighted by Crippen LogP contribution is 2.10. The smallest absolute Gasteiger partial charge is 0.279 e. The maximum atomic E-state index is 11.8. The summed E-state index contributed by atoms with van der Waals surface area (Å²) in [5, 5.41) is 4.43. The topological polar surface area (TPSA) is 87.3 Å². The first kappa shape index (κ1) is 15.7. The van der Waals surface area contributed by atoms with Gasteiger partial charge < -0.3 is 5.32 Å². The van der Waals surface area contributed by atoms with E-state index in [1.165, 1.54) is 18.3 Å². The minimum atomic E-state index is -0.343. The van der Waals surface area contributed by atoms with Crippen molar-refractivity contribution in [1.82, 2.24) is 10.9 Å². The van der Waals surface area contributed by atoms with Gasteiger partial charge in [0.25, 0.3) is 5.91 Å². The third-order valence-corrected chi connectivity index (χ3v) is 3.57. The molecule has 1 aromatic carbocycles. The molecule has 0 unspecified atom stereocenters. The van der Waals surface area contributed by atoms with Crippen molar-refractivity contribution >= 4 is 34.7 Å². The van der Waals surface area contributed by atoms with Gasteiger partial charge >= 0.3 is 0 Å². The molecule has 3 amide bonds. The summed E-state index contributed by atoms with van der Waals surface area (Å²) in [6, 6.07) is 10.4. The van der Waals surface area contributed by atoms with Crippen LogP contribution in [-0.4, -0.2) is 17.7 Å². The van der Waals surface area contributed by atoms with Crippen LogP contribution < -0.4 is 16.2 Å². The zero-order valence-corrected chi connectivity index (χ0v) is 12.7. The van der Waals surface area contributed by atoms with Crippen molar-refractivity contribution in [2.45, 2.75) is 13.3 Å². The molecule has 0 bridgehead atoms. The first-order valence-corrected chi connectivity index (χ1v) is 7.42. The zero-order valence-electron chi connectivity index (χ0n) is 11.9. The second kappa shape index (κ2) is 7.37. The fourth-order valence-electron chi connectivity index (χ4n) is 1.73. The maximum Gasteiger partial charge on any atom is 0.279 e. The minimum Gasteiger partial charge on any atom is -0.326 e. The molecule has 3 N–H and O–H groups in total. The lowest BCUT2D eigenvalue weighted by Gasteiger charge is -2.07. The van der Waals surface area contributed by atoms with Gasteiger partial charge in [0.2, 0.25) is 11.8 Å². The van der Waals surface area contributed by atoms with E-state index in [0.29, 0.717) is 10.6 Å². The zero-order chi connectivity index (χ0) is 15.9. The van der Waals surface area contributed by atoms with Gasteiger partial charge in [-0.2, -0.15) is 0 Å². The predicted molar refractivity (Wildman–Crippen MR) is 84.4 cm³/mol. The minimum absolute atomic E-state index is 0.130. The quantitative estimate of drug-likeness (QED) is 0.750. The normalized spacial score (nSPS) is 9.86. The second-order valence-electron chi connectivity index (χ2n) is 4.53. The molecular formula is C15H15N3O3S. The number of thiophene rings is 1. The average Bonchev–Trinajstić information content (AvgIpc) is 3.00. The van der Waals surface area contributed by atoms with Crippen molar-refractivity contribution < 1.29 is 14.4 Å². The molecule has 0 saturated carbocycles. The van der Waals surface area contributed by atoms with Crippen molar-refractivity contribution in [2.24, 2.45) is 0 Å². The van der Waals surface area contributed by atoms with E-state index in [1.54, 1.807) is 41.8 Å². The highest BCUT2D eigenvalue weighted by molar-refractivity contribution is 7.12. The number of anilines is 1. The van der Waals surface area contributed by atoms with Crippen LogP contribution >= 0.6 is 11.3 Å². The van der Waals surface area contributed by atoms with Crippen molar-refractivity contribution in [3.05, 3.63) is 52.2 Å². The lowest BCUT2D eigenvalue weighted by molar-refractivity contribution is -0.121. The Morgan fingerprint density at radius 3 is 2.36 bits per heavy atom. The molecule has 0 radical (unpaired) electrons. The summed E-state index contributed by atoms with van der Waals surface area (Å²) < 4.78 is 0. The second-order valence-corrected chi connectivity index (χ2v) is 5.48. The monoisotopic (exact) mass is 317 g/mol. The molecule has 7 heteroatoms. The fourth-order valence-corrected chi connectivity index (χ4v) is 2.35. The number of amides is 3. The molecule has 22 heavy (non-hydrogen) atoms. The van der Waals surface area contributed by atoms with Gasteiger partial charge in [-0.15, -0.1) is 11.3 Å². The van der Waals surface area contributed by atoms with Crippen LogP contribution in [0.1, 0.15) is 22.2 Å². The van der Waals surface area contributed by atoms with Gasteiger partial charge in [-0.05, 0) is 29.1 Å². The third-order valence-electron chi connectivity index (χ3n) is 2.70. The van der Waals surface area contributed by atoms with Crippen LogP contribution in [0.2, 0.25) is 0 Å². The lowest BCUT2D eigenvalue weighted by Crippen LogP contribution is -2.42. The van der Waals surface area contributed by atoms with E-state index in [-0.39, 0.29) is 24.1 Å². The van der Waals surface area contributed by atoms with Crippen molar-refractivity contribution in [2.75, 3.05) is 5.32 Å². The first-order valence-electron chi connectivity index (χ1n) is 6.54. The molecule has 2 aromatic rings. The summed E-state index contributed by atoms with van der Waals surface area (Å²) in [7, 11) is 0. The Bertz CT molecular complexity index is 666. The molecule has 0 saturated heterocycles. The molecule has 6 nitrogen and oxygen atoms in total. The van der Waals surface area contributed by atoms with Crippen LogP contribution in [0.15, 0.2) is 41.8 Å². The average molecular weight is 317 g/mol. The van der Waals surface area contributed by atoms with Crippen molar-refractivity contribution in [3.8, 4) is 0 Å². The van der Waals surface area contributed by atoms with Gasteiger partial charge in [-0.1, -0.05) is 18.2 Å². The van der Waals surface area contributed by atoms with E-state index >= 15 is 0 Å². The summed E-state index contributed by atoms with van der Waals surface area (Å²) in [5.74, 6) is -0.816. The van der Waals surface area contributed by atoms with E-state index in [2.05, 4.69) is 16.2 Å². The van der Waals surface area contributed by atoms with Gasteiger partial charge in [0.15, 0.2) is 0 Å². The maximum absolute atomic E-state index is 11.8. The van der Waals surface area contributed by atoms with E-state index in [4.69, 9.17) is 0 Å². The van der Waals surface area contributed by atoms with Crippen LogP contribution in [0.25, 0.3) is 0 Å². The molecule has 0 atom stereocenters. The molecule has 0 fully saturated rings. The Morgan fingerprint density at radius 2 is 1.77 bits per heavy atom. The number of benzene rings is 1. The summed E-state index contributed by atoms with van der Waals surface area (Å²) in [4.78, 5) is 34.8. The number of hydrogen-bond acceptors (Lipinski definition) is 4. The molecule has 0 aliphatic heterocycles. The Morgan fingerprint density at radius 1 is 1.05 bits per heavy atom. The van der Waals surface area contributed by atoms with E-state index in [1.807, 2.05) is 0 Å². The Balaban J connectivity index is 1.81. The summed E-state index contributed by atoms with van der Waals surface area (Å²) in [6.45, 7) is 1.43. The molecule has 0 aliphatic rings. The number of nitrogens with one attached hydrogen (secondary N) is 3. The van der Waals surface area contributed by atoms with E-state index < -0.39 is 0 Å². The number of carbonyl (C=O) groups excluding carboxylic acids is 3. The summed E-state index contributed by atoms with van der Waals surface area (Å²) in [5.41, 5.74) is 6.17. The molecule has 0 spiro atoms. The van der Waals surface area contributed by atoms with Crippen molar-refractivity contribution in [3.63, 3.8) is 0 Å². The summed E-state index contributed by atoms with van der Waals surface area (Å²) in [6.07, 6.45) is 0.130. The molecule has 2 rings (SSSR count). The van der Waals surface area contributed by atoms with E-state index in [0.717, 1.165) is 5.56 Å². The van der Waals surface area contributed by atoms with Gasteiger partial charge in [0.05, 0.1) is 11.3 Å². The Hall–Kier alpha value is -2.67. The summed E-state index contributed by atoms with van der Waals surface area (Å²) >= 11 is 1.30. The van der Waals surface area contributed by atoms with Crippen LogP contribution in [-0.2, 0) is 16.0 Å². The van der Waals surface area contributed by atoms with Crippen LogP contribution in [0.4, 0.5) is 5.69 Å². The molecular weight excluding hydrogens is 302 g/mol.